The summed E-state index contributed by atoms with van der Waals surface area (Å²) in [6.45, 7) is 3.35. The Balaban J connectivity index is 2.84. The molecule has 0 fully saturated rings. The van der Waals surface area contributed by atoms with E-state index >= 15 is 0 Å². The lowest BCUT2D eigenvalue weighted by molar-refractivity contribution is -0.384. The van der Waals surface area contributed by atoms with Crippen molar-refractivity contribution in [3.05, 3.63) is 51.2 Å². The van der Waals surface area contributed by atoms with E-state index in [1.165, 1.54) is 18.2 Å². The van der Waals surface area contributed by atoms with Crippen molar-refractivity contribution >= 4 is 17.5 Å². The number of carbonyl (C=O) groups excluding carboxylic acids is 1. The minimum Gasteiger partial charge on any atom is -0.462 e. The van der Waals surface area contributed by atoms with E-state index in [9.17, 15) is 20.2 Å². The Labute approximate surface area is 137 Å². The molecule has 0 bridgehead atoms. The molecule has 2 aromatic rings. The Bertz CT molecular complexity index is 871. The molecule has 0 spiro atoms. The van der Waals surface area contributed by atoms with E-state index in [0.717, 1.165) is 0 Å². The number of ether oxygens (including phenoxy) is 1. The lowest BCUT2D eigenvalue weighted by Crippen LogP contribution is -2.13. The number of pyridine rings is 1. The summed E-state index contributed by atoms with van der Waals surface area (Å²) in [6, 6.07) is 7.53. The molecule has 8 nitrogen and oxygen atoms in total. The number of non-ortho nitro benzene ring substituents is 1. The highest BCUT2D eigenvalue weighted by atomic mass is 16.6. The van der Waals surface area contributed by atoms with Gasteiger partial charge in [-0.25, -0.2) is 9.78 Å². The molecule has 0 aliphatic heterocycles. The molecule has 1 heterocycles. The number of hydrogen-bond acceptors (Lipinski definition) is 7. The van der Waals surface area contributed by atoms with Crippen molar-refractivity contribution in [2.24, 2.45) is 0 Å². The Hall–Kier alpha value is -3.47. The van der Waals surface area contributed by atoms with Gasteiger partial charge in [0, 0.05) is 17.7 Å². The van der Waals surface area contributed by atoms with E-state index in [2.05, 4.69) is 4.98 Å². The Kier molecular flexibility index (Phi) is 4.75. The van der Waals surface area contributed by atoms with Crippen molar-refractivity contribution in [2.45, 2.75) is 13.8 Å². The summed E-state index contributed by atoms with van der Waals surface area (Å²) >= 11 is 0. The van der Waals surface area contributed by atoms with Crippen molar-refractivity contribution in [1.82, 2.24) is 4.98 Å². The molecule has 0 aliphatic carbocycles. The third-order valence-corrected chi connectivity index (χ3v) is 3.34. The molecule has 2 rings (SSSR count). The van der Waals surface area contributed by atoms with Gasteiger partial charge in [0.2, 0.25) is 0 Å². The number of carbonyl (C=O) groups is 1. The van der Waals surface area contributed by atoms with Gasteiger partial charge in [0.25, 0.3) is 5.69 Å². The van der Waals surface area contributed by atoms with Gasteiger partial charge in [0.1, 0.15) is 17.5 Å². The first-order valence-electron chi connectivity index (χ1n) is 7.02. The quantitative estimate of drug-likeness (QED) is 0.518. The topological polar surface area (TPSA) is 132 Å². The average molecular weight is 326 g/mol. The number of nitro benzene ring substituents is 1. The largest absolute Gasteiger partial charge is 0.462 e. The number of anilines is 1. The number of nitrogens with zero attached hydrogens (tertiary/aromatic N) is 3. The molecule has 0 saturated carbocycles. The van der Waals surface area contributed by atoms with Crippen LogP contribution in [0.1, 0.15) is 28.5 Å². The summed E-state index contributed by atoms with van der Waals surface area (Å²) in [7, 11) is 0. The number of nitrogen functional groups attached to an aromatic ring is 1. The number of esters is 1. The summed E-state index contributed by atoms with van der Waals surface area (Å²) in [5.74, 6) is -0.718. The molecule has 0 amide bonds. The first-order valence-corrected chi connectivity index (χ1v) is 7.02. The van der Waals surface area contributed by atoms with Gasteiger partial charge >= 0.3 is 5.97 Å². The van der Waals surface area contributed by atoms with Gasteiger partial charge in [0.05, 0.1) is 22.8 Å². The van der Waals surface area contributed by atoms with Crippen LogP contribution in [0, 0.1) is 28.4 Å². The maximum absolute atomic E-state index is 12.3. The molecule has 0 aliphatic rings. The van der Waals surface area contributed by atoms with Gasteiger partial charge < -0.3 is 10.5 Å². The maximum atomic E-state index is 12.3. The predicted octanol–water partition coefficient (Wildman–Crippen LogP) is 2.60. The standard InChI is InChI=1S/C16H14N4O4/c1-3-24-16(21)13-9(2)19-15(18)12(8-17)14(13)10-5-4-6-11(7-10)20(22)23/h4-7H,3H2,1-2H3,(H2,18,19). The number of nitro groups is 1. The number of nitrogens with two attached hydrogens (primary N) is 1. The first kappa shape index (κ1) is 16.9. The van der Waals surface area contributed by atoms with E-state index in [4.69, 9.17) is 10.5 Å². The van der Waals surface area contributed by atoms with E-state index in [1.807, 2.05) is 6.07 Å². The zero-order valence-corrected chi connectivity index (χ0v) is 13.1. The molecular weight excluding hydrogens is 312 g/mol. The summed E-state index contributed by atoms with van der Waals surface area (Å²) in [5, 5.41) is 20.4. The number of nitriles is 1. The van der Waals surface area contributed by atoms with Gasteiger partial charge in [0.15, 0.2) is 0 Å². The normalized spacial score (nSPS) is 10.0. The van der Waals surface area contributed by atoms with Crippen molar-refractivity contribution < 1.29 is 14.5 Å². The van der Waals surface area contributed by atoms with E-state index in [-0.39, 0.29) is 40.5 Å². The molecule has 24 heavy (non-hydrogen) atoms. The van der Waals surface area contributed by atoms with Crippen LogP contribution in [0.2, 0.25) is 0 Å². The second-order valence-corrected chi connectivity index (χ2v) is 4.85. The smallest absolute Gasteiger partial charge is 0.340 e. The second-order valence-electron chi connectivity index (χ2n) is 4.85. The zero-order valence-electron chi connectivity index (χ0n) is 13.1. The van der Waals surface area contributed by atoms with Crippen LogP contribution in [0.15, 0.2) is 24.3 Å². The molecule has 1 aromatic heterocycles. The van der Waals surface area contributed by atoms with Crippen LogP contribution in [0.5, 0.6) is 0 Å². The molecule has 0 saturated heterocycles. The molecule has 0 unspecified atom stereocenters. The predicted molar refractivity (Wildman–Crippen MR) is 86.1 cm³/mol. The van der Waals surface area contributed by atoms with Crippen LogP contribution < -0.4 is 5.73 Å². The summed E-state index contributed by atoms with van der Waals surface area (Å²) < 4.78 is 5.02. The van der Waals surface area contributed by atoms with Crippen molar-refractivity contribution in [2.75, 3.05) is 12.3 Å². The second kappa shape index (κ2) is 6.75. The monoisotopic (exact) mass is 326 g/mol. The van der Waals surface area contributed by atoms with Gasteiger partial charge in [-0.1, -0.05) is 12.1 Å². The van der Waals surface area contributed by atoms with Crippen LogP contribution in [-0.2, 0) is 4.74 Å². The number of aryl methyl sites for hydroxylation is 1. The number of hydrogen-bond donors (Lipinski definition) is 1. The lowest BCUT2D eigenvalue weighted by Gasteiger charge is -2.14. The molecule has 122 valence electrons. The third-order valence-electron chi connectivity index (χ3n) is 3.34. The minimum absolute atomic E-state index is 0.0239. The van der Waals surface area contributed by atoms with Crippen molar-refractivity contribution in [3.63, 3.8) is 0 Å². The highest BCUT2D eigenvalue weighted by Gasteiger charge is 2.25. The van der Waals surface area contributed by atoms with Crippen molar-refractivity contribution in [1.29, 1.82) is 5.26 Å². The average Bonchev–Trinajstić information content (AvgIpc) is 2.54. The number of aromatic nitrogens is 1. The zero-order chi connectivity index (χ0) is 17.9. The van der Waals surface area contributed by atoms with Crippen LogP contribution in [0.3, 0.4) is 0 Å². The molecule has 8 heteroatoms. The Morgan fingerprint density at radius 3 is 2.79 bits per heavy atom. The van der Waals surface area contributed by atoms with Gasteiger partial charge in [-0.3, -0.25) is 10.1 Å². The van der Waals surface area contributed by atoms with Crippen molar-refractivity contribution in [3.8, 4) is 17.2 Å². The third kappa shape index (κ3) is 3.01. The Morgan fingerprint density at radius 1 is 1.50 bits per heavy atom. The van der Waals surface area contributed by atoms with E-state index < -0.39 is 10.9 Å². The van der Waals surface area contributed by atoms with Crippen LogP contribution in [0.4, 0.5) is 11.5 Å². The van der Waals surface area contributed by atoms with Crippen LogP contribution in [0.25, 0.3) is 11.1 Å². The molecule has 1 aromatic carbocycles. The highest BCUT2D eigenvalue weighted by Crippen LogP contribution is 2.34. The number of benzene rings is 1. The molecule has 0 atom stereocenters. The van der Waals surface area contributed by atoms with Crippen LogP contribution in [-0.4, -0.2) is 22.5 Å². The summed E-state index contributed by atoms with van der Waals surface area (Å²) in [5.41, 5.74) is 6.46. The van der Waals surface area contributed by atoms with Gasteiger partial charge in [-0.15, -0.1) is 0 Å². The first-order chi connectivity index (χ1) is 11.4. The highest BCUT2D eigenvalue weighted by molar-refractivity contribution is 6.01. The SMILES string of the molecule is CCOC(=O)c1c(C)nc(N)c(C#N)c1-c1cccc([N+](=O)[O-])c1. The fourth-order valence-electron chi connectivity index (χ4n) is 2.36. The van der Waals surface area contributed by atoms with E-state index in [0.29, 0.717) is 5.56 Å². The van der Waals surface area contributed by atoms with Gasteiger partial charge in [-0.05, 0) is 19.4 Å². The Morgan fingerprint density at radius 2 is 2.21 bits per heavy atom. The fourth-order valence-corrected chi connectivity index (χ4v) is 2.36. The summed E-state index contributed by atoms with van der Waals surface area (Å²) in [4.78, 5) is 26.8. The fraction of sp³-hybridized carbons (Fsp3) is 0.188. The number of rotatable bonds is 4. The van der Waals surface area contributed by atoms with E-state index in [1.54, 1.807) is 19.9 Å². The molecule has 0 radical (unpaired) electrons. The van der Waals surface area contributed by atoms with Gasteiger partial charge in [-0.2, -0.15) is 5.26 Å². The molecule has 2 N–H and O–H groups in total. The van der Waals surface area contributed by atoms with Crippen LogP contribution >= 0.6 is 0 Å². The maximum Gasteiger partial charge on any atom is 0.340 e. The summed E-state index contributed by atoms with van der Waals surface area (Å²) in [6.07, 6.45) is 0. The molecular formula is C16H14N4O4. The minimum atomic E-state index is -0.666. The lowest BCUT2D eigenvalue weighted by atomic mass is 9.94.